The predicted octanol–water partition coefficient (Wildman–Crippen LogP) is -0.358. The third-order valence-corrected chi connectivity index (χ3v) is 6.80. The summed E-state index contributed by atoms with van der Waals surface area (Å²) in [5.41, 5.74) is -1.16. The van der Waals surface area contributed by atoms with Crippen LogP contribution >= 0.6 is 23.5 Å². The molecule has 15 nitrogen and oxygen atoms in total. The first-order valence-corrected chi connectivity index (χ1v) is 11.6. The van der Waals surface area contributed by atoms with Crippen LogP contribution in [0.4, 0.5) is 0 Å². The number of aromatic nitrogens is 2. The van der Waals surface area contributed by atoms with E-state index in [2.05, 4.69) is 18.1 Å². The second-order valence-electron chi connectivity index (χ2n) is 5.32. The second kappa shape index (κ2) is 8.27. The summed E-state index contributed by atoms with van der Waals surface area (Å²) in [6.45, 7) is 0.671. The molecule has 0 aromatic carbocycles. The molecule has 28 heavy (non-hydrogen) atoms. The third kappa shape index (κ3) is 6.69. The minimum absolute atomic E-state index is 0.214. The number of nitrogens with one attached hydrogen (secondary N) is 1. The molecule has 158 valence electrons. The average molecular weight is 464 g/mol. The molecular weight excluding hydrogens is 449 g/mol. The molecule has 0 spiro atoms. The van der Waals surface area contributed by atoms with E-state index in [0.717, 1.165) is 4.57 Å². The van der Waals surface area contributed by atoms with Crippen molar-refractivity contribution in [2.45, 2.75) is 19.3 Å². The molecule has 0 unspecified atom stereocenters. The zero-order chi connectivity index (χ0) is 21.3. The van der Waals surface area contributed by atoms with Crippen LogP contribution in [0.25, 0.3) is 0 Å². The molecule has 0 fully saturated rings. The van der Waals surface area contributed by atoms with Gasteiger partial charge in [0.25, 0.3) is 5.56 Å². The van der Waals surface area contributed by atoms with Gasteiger partial charge in [0.2, 0.25) is 0 Å². The van der Waals surface area contributed by atoms with Gasteiger partial charge in [0.05, 0.1) is 6.61 Å². The van der Waals surface area contributed by atoms with Crippen LogP contribution in [0.2, 0.25) is 0 Å². The summed E-state index contributed by atoms with van der Waals surface area (Å²) in [7, 11) is -16.4. The van der Waals surface area contributed by atoms with Crippen molar-refractivity contribution in [3.8, 4) is 0 Å². The fourth-order valence-electron chi connectivity index (χ4n) is 2.00. The number of rotatable bonds is 8. The van der Waals surface area contributed by atoms with Crippen molar-refractivity contribution in [1.82, 2.24) is 9.55 Å². The van der Waals surface area contributed by atoms with Gasteiger partial charge < -0.3 is 24.3 Å². The lowest BCUT2D eigenvalue weighted by molar-refractivity contribution is -0.0104. The Labute approximate surface area is 155 Å². The number of H-pyrrole nitrogens is 1. The summed E-state index contributed by atoms with van der Waals surface area (Å²) in [5, 5.41) is 0. The Balaban J connectivity index is 2.09. The normalized spacial score (nSPS) is 20.6. The maximum Gasteiger partial charge on any atom is 0.492 e. The third-order valence-electron chi connectivity index (χ3n) is 3.03. The maximum absolute atomic E-state index is 12.1. The number of aryl methyl sites for hydroxylation is 1. The van der Waals surface area contributed by atoms with Gasteiger partial charge in [-0.25, -0.2) is 18.5 Å². The average Bonchev–Trinajstić information content (AvgIpc) is 2.94. The highest BCUT2D eigenvalue weighted by atomic mass is 31.3. The van der Waals surface area contributed by atoms with E-state index in [4.69, 9.17) is 24.3 Å². The Hall–Kier alpha value is -1.21. The molecule has 2 atom stereocenters. The van der Waals surface area contributed by atoms with Crippen LogP contribution in [0.3, 0.4) is 0 Å². The fourth-order valence-corrected chi connectivity index (χ4v) is 5.18. The van der Waals surface area contributed by atoms with E-state index in [-0.39, 0.29) is 5.56 Å². The first kappa shape index (κ1) is 23.1. The van der Waals surface area contributed by atoms with Crippen molar-refractivity contribution in [3.05, 3.63) is 44.8 Å². The van der Waals surface area contributed by atoms with Crippen LogP contribution in [0.15, 0.2) is 27.9 Å². The smallest absolute Gasteiger partial charge is 0.344 e. The van der Waals surface area contributed by atoms with Gasteiger partial charge in [0, 0.05) is 11.8 Å². The number of aromatic amines is 1. The van der Waals surface area contributed by atoms with E-state index in [0.29, 0.717) is 0 Å². The highest BCUT2D eigenvalue weighted by Gasteiger charge is 2.43. The first-order valence-electron chi connectivity index (χ1n) is 7.12. The summed E-state index contributed by atoms with van der Waals surface area (Å²) >= 11 is 0. The van der Waals surface area contributed by atoms with Gasteiger partial charge in [-0.1, -0.05) is 6.08 Å². The SMILES string of the molecule is Cc1cn([C@H]2C=C[C@@H](COP(=O)(OP(=O)(O)O)OP(=O)(O)O)O2)c(=O)[nH]c1=O. The van der Waals surface area contributed by atoms with Crippen LogP contribution in [0.1, 0.15) is 11.8 Å². The van der Waals surface area contributed by atoms with E-state index in [1.807, 2.05) is 0 Å². The molecule has 1 aliphatic rings. The molecule has 0 amide bonds. The van der Waals surface area contributed by atoms with Gasteiger partial charge in [0.1, 0.15) is 6.10 Å². The standard InChI is InChI=1S/C10H15N2O13P3/c1-6-4-12(10(14)11-9(6)13)8-3-2-7(23-8)5-22-28(21,24-26(15,16)17)25-27(18,19)20/h2-4,7-8H,5H2,1H3,(H,11,13,14)(H2,15,16,17)(H2,18,19,20)/t7-,8+/m0/s1. The van der Waals surface area contributed by atoms with Crippen LogP contribution < -0.4 is 11.2 Å². The molecule has 0 saturated heterocycles. The molecule has 1 aliphatic heterocycles. The highest BCUT2D eigenvalue weighted by molar-refractivity contribution is 7.66. The number of hydrogen-bond donors (Lipinski definition) is 5. The minimum Gasteiger partial charge on any atom is -0.344 e. The van der Waals surface area contributed by atoms with Gasteiger partial charge in [-0.05, 0) is 13.0 Å². The van der Waals surface area contributed by atoms with E-state index in [9.17, 15) is 23.3 Å². The molecule has 18 heteroatoms. The minimum atomic E-state index is -5.51. The van der Waals surface area contributed by atoms with Crippen LogP contribution in [-0.4, -0.2) is 41.8 Å². The topological polar surface area (TPSA) is 224 Å². The second-order valence-corrected chi connectivity index (χ2v) is 9.74. The first-order chi connectivity index (χ1) is 12.7. The highest BCUT2D eigenvalue weighted by Crippen LogP contribution is 2.67. The number of phosphoric acid groups is 3. The van der Waals surface area contributed by atoms with E-state index >= 15 is 0 Å². The molecule has 2 rings (SSSR count). The number of ether oxygens (including phenoxy) is 1. The lowest BCUT2D eigenvalue weighted by Crippen LogP contribution is -2.33. The van der Waals surface area contributed by atoms with Gasteiger partial charge in [-0.3, -0.25) is 18.9 Å². The molecule has 1 aromatic heterocycles. The van der Waals surface area contributed by atoms with Crippen molar-refractivity contribution in [1.29, 1.82) is 0 Å². The Bertz CT molecular complexity index is 988. The molecule has 0 radical (unpaired) electrons. The van der Waals surface area contributed by atoms with Crippen molar-refractivity contribution >= 4 is 23.5 Å². The van der Waals surface area contributed by atoms with Crippen molar-refractivity contribution < 1.29 is 51.2 Å². The van der Waals surface area contributed by atoms with Crippen molar-refractivity contribution in [2.24, 2.45) is 0 Å². The van der Waals surface area contributed by atoms with Crippen molar-refractivity contribution in [2.75, 3.05) is 6.61 Å². The monoisotopic (exact) mass is 464 g/mol. The lowest BCUT2D eigenvalue weighted by Gasteiger charge is -2.20. The largest absolute Gasteiger partial charge is 0.492 e. The molecule has 0 bridgehead atoms. The number of hydrogen-bond acceptors (Lipinski definition) is 9. The molecule has 2 heterocycles. The van der Waals surface area contributed by atoms with Gasteiger partial charge in [-0.15, -0.1) is 0 Å². The lowest BCUT2D eigenvalue weighted by atomic mass is 10.3. The Kier molecular flexibility index (Phi) is 6.81. The van der Waals surface area contributed by atoms with Crippen LogP contribution in [0.5, 0.6) is 0 Å². The molecule has 1 aromatic rings. The summed E-state index contributed by atoms with van der Waals surface area (Å²) < 4.78 is 52.1. The zero-order valence-electron chi connectivity index (χ0n) is 13.8. The Morgan fingerprint density at radius 3 is 2.21 bits per heavy atom. The summed E-state index contributed by atoms with van der Waals surface area (Å²) in [6, 6.07) is 0. The predicted molar refractivity (Wildman–Crippen MR) is 88.9 cm³/mol. The van der Waals surface area contributed by atoms with Crippen molar-refractivity contribution in [3.63, 3.8) is 0 Å². The van der Waals surface area contributed by atoms with Gasteiger partial charge >= 0.3 is 29.2 Å². The summed E-state index contributed by atoms with van der Waals surface area (Å²) in [6.07, 6.45) is 1.79. The maximum atomic E-state index is 12.1. The van der Waals surface area contributed by atoms with E-state index < -0.39 is 53.7 Å². The Morgan fingerprint density at radius 2 is 1.68 bits per heavy atom. The van der Waals surface area contributed by atoms with Gasteiger partial charge in [-0.2, -0.15) is 8.62 Å². The summed E-state index contributed by atoms with van der Waals surface area (Å²) in [5.74, 6) is 0. The zero-order valence-corrected chi connectivity index (χ0v) is 16.5. The van der Waals surface area contributed by atoms with E-state index in [1.54, 1.807) is 0 Å². The van der Waals surface area contributed by atoms with Crippen LogP contribution in [0, 0.1) is 6.92 Å². The Morgan fingerprint density at radius 1 is 1.11 bits per heavy atom. The fraction of sp³-hybridized carbons (Fsp3) is 0.400. The van der Waals surface area contributed by atoms with Gasteiger partial charge in [0.15, 0.2) is 6.23 Å². The molecule has 0 aliphatic carbocycles. The summed E-state index contributed by atoms with van der Waals surface area (Å²) in [4.78, 5) is 60.1. The van der Waals surface area contributed by atoms with E-state index in [1.165, 1.54) is 25.3 Å². The number of nitrogens with zero attached hydrogens (tertiary/aromatic N) is 1. The molecule has 0 saturated carbocycles. The van der Waals surface area contributed by atoms with Crippen LogP contribution in [-0.2, 0) is 31.6 Å². The molecule has 5 N–H and O–H groups in total. The quantitative estimate of drug-likeness (QED) is 0.245. The molecular formula is C10H15N2O13P3.